The van der Waals surface area contributed by atoms with Gasteiger partial charge in [-0.15, -0.1) is 4.79 Å². The number of hydrogen-bond donors (Lipinski definition) is 0. The molecule has 1 aromatic rings. The Hall–Kier alpha value is -1.20. The van der Waals surface area contributed by atoms with Gasteiger partial charge in [0.2, 0.25) is 5.56 Å². The van der Waals surface area contributed by atoms with Crippen molar-refractivity contribution < 1.29 is 4.79 Å². The molecular weight excluding hydrogens is 112 g/mol. The Balaban J connectivity index is 3.15. The van der Waals surface area contributed by atoms with E-state index in [0.717, 1.165) is 5.56 Å². The van der Waals surface area contributed by atoms with E-state index in [1.807, 2.05) is 31.4 Å². The lowest BCUT2D eigenvalue weighted by molar-refractivity contribution is 0.562. The average molecular weight is 119 g/mol. The molecule has 0 spiro atoms. The summed E-state index contributed by atoms with van der Waals surface area (Å²) in [5.41, 5.74) is 1.63. The van der Waals surface area contributed by atoms with Gasteiger partial charge in [-0.3, -0.25) is 0 Å². The maximum absolute atomic E-state index is 10.1. The maximum Gasteiger partial charge on any atom is 0.303 e. The Kier molecular flexibility index (Phi) is 1.57. The molecular formula is C8H7O+. The van der Waals surface area contributed by atoms with Crippen molar-refractivity contribution >= 4 is 6.29 Å². The van der Waals surface area contributed by atoms with Crippen LogP contribution in [0.1, 0.15) is 11.1 Å². The Morgan fingerprint density at radius 1 is 1.33 bits per heavy atom. The van der Waals surface area contributed by atoms with Crippen molar-refractivity contribution in [3.05, 3.63) is 35.4 Å². The fraction of sp³-hybridized carbons (Fsp3) is 0.125. The van der Waals surface area contributed by atoms with Crippen LogP contribution in [0.4, 0.5) is 0 Å². The lowest BCUT2D eigenvalue weighted by Crippen LogP contribution is -1.82. The van der Waals surface area contributed by atoms with E-state index in [1.165, 1.54) is 0 Å². The van der Waals surface area contributed by atoms with Crippen molar-refractivity contribution in [2.75, 3.05) is 0 Å². The fourth-order valence-electron chi connectivity index (χ4n) is 0.687. The summed E-state index contributed by atoms with van der Waals surface area (Å²) < 4.78 is 0. The fourth-order valence-corrected chi connectivity index (χ4v) is 0.687. The summed E-state index contributed by atoms with van der Waals surface area (Å²) in [5, 5.41) is 0. The molecule has 1 aromatic carbocycles. The van der Waals surface area contributed by atoms with Gasteiger partial charge in [0, 0.05) is 6.92 Å². The number of benzene rings is 1. The first-order valence-corrected chi connectivity index (χ1v) is 2.78. The molecule has 0 fully saturated rings. The SMILES string of the molecule is Cc1ccccc1[C+]=O. The molecule has 0 aliphatic carbocycles. The summed E-state index contributed by atoms with van der Waals surface area (Å²) in [5.74, 6) is 0. The van der Waals surface area contributed by atoms with Gasteiger partial charge in [-0.25, -0.2) is 0 Å². The van der Waals surface area contributed by atoms with Crippen LogP contribution in [0.2, 0.25) is 0 Å². The molecule has 0 radical (unpaired) electrons. The molecule has 0 N–H and O–H groups in total. The van der Waals surface area contributed by atoms with Gasteiger partial charge in [0.15, 0.2) is 0 Å². The predicted octanol–water partition coefficient (Wildman–Crippen LogP) is 1.45. The van der Waals surface area contributed by atoms with Gasteiger partial charge in [-0.1, -0.05) is 0 Å². The lowest BCUT2D eigenvalue weighted by atomic mass is 10.1. The van der Waals surface area contributed by atoms with Crippen molar-refractivity contribution in [1.82, 2.24) is 0 Å². The maximum atomic E-state index is 10.1. The second-order valence-electron chi connectivity index (χ2n) is 1.92. The minimum Gasteiger partial charge on any atom is -0.141 e. The molecule has 0 aromatic heterocycles. The molecule has 9 heavy (non-hydrogen) atoms. The highest BCUT2D eigenvalue weighted by Gasteiger charge is 2.03. The van der Waals surface area contributed by atoms with Gasteiger partial charge in [-0.2, -0.15) is 0 Å². The Bertz CT molecular complexity index is 216. The smallest absolute Gasteiger partial charge is 0.141 e. The number of rotatable bonds is 1. The van der Waals surface area contributed by atoms with Gasteiger partial charge in [0.05, 0.1) is 11.6 Å². The zero-order chi connectivity index (χ0) is 6.69. The first-order chi connectivity index (χ1) is 4.34. The van der Waals surface area contributed by atoms with E-state index >= 15 is 0 Å². The van der Waals surface area contributed by atoms with Crippen LogP contribution in [0.3, 0.4) is 0 Å². The van der Waals surface area contributed by atoms with Crippen molar-refractivity contribution in [2.24, 2.45) is 0 Å². The first kappa shape index (κ1) is 5.93. The van der Waals surface area contributed by atoms with Crippen molar-refractivity contribution in [3.8, 4) is 0 Å². The number of carbonyl (C=O) groups excluding carboxylic acids is 1. The molecule has 0 aliphatic heterocycles. The van der Waals surface area contributed by atoms with Gasteiger partial charge in [0.25, 0.3) is 0 Å². The van der Waals surface area contributed by atoms with E-state index in [0.29, 0.717) is 5.56 Å². The van der Waals surface area contributed by atoms with Gasteiger partial charge in [0.1, 0.15) is 0 Å². The van der Waals surface area contributed by atoms with Crippen LogP contribution in [-0.2, 0) is 4.79 Å². The quantitative estimate of drug-likeness (QED) is 0.511. The molecule has 1 rings (SSSR count). The molecule has 0 unspecified atom stereocenters. The highest BCUT2D eigenvalue weighted by molar-refractivity contribution is 5.77. The normalized spacial score (nSPS) is 8.56. The van der Waals surface area contributed by atoms with E-state index in [-0.39, 0.29) is 0 Å². The summed E-state index contributed by atoms with van der Waals surface area (Å²) in [7, 11) is 0. The molecule has 0 saturated carbocycles. The number of aryl methyl sites for hydroxylation is 1. The monoisotopic (exact) mass is 119 g/mol. The van der Waals surface area contributed by atoms with Gasteiger partial charge >= 0.3 is 6.29 Å². The summed E-state index contributed by atoms with van der Waals surface area (Å²) in [6.07, 6.45) is 1.85. The zero-order valence-electron chi connectivity index (χ0n) is 5.22. The highest BCUT2D eigenvalue weighted by Crippen LogP contribution is 2.01. The lowest BCUT2D eigenvalue weighted by Gasteiger charge is -1.80. The van der Waals surface area contributed by atoms with Crippen molar-refractivity contribution in [3.63, 3.8) is 0 Å². The molecule has 44 valence electrons. The zero-order valence-corrected chi connectivity index (χ0v) is 5.22. The van der Waals surface area contributed by atoms with Crippen LogP contribution < -0.4 is 0 Å². The number of hydrogen-bond acceptors (Lipinski definition) is 1. The minimum absolute atomic E-state index is 0.650. The molecule has 0 saturated heterocycles. The van der Waals surface area contributed by atoms with E-state index in [9.17, 15) is 4.79 Å². The van der Waals surface area contributed by atoms with Gasteiger partial charge in [-0.05, 0) is 18.2 Å². The van der Waals surface area contributed by atoms with Crippen LogP contribution in [-0.4, -0.2) is 6.29 Å². The molecule has 0 bridgehead atoms. The second kappa shape index (κ2) is 2.38. The minimum atomic E-state index is 0.650. The predicted molar refractivity (Wildman–Crippen MR) is 36.0 cm³/mol. The molecule has 0 heterocycles. The van der Waals surface area contributed by atoms with Crippen LogP contribution in [0, 0.1) is 6.92 Å². The second-order valence-corrected chi connectivity index (χ2v) is 1.92. The Morgan fingerprint density at radius 2 is 2.00 bits per heavy atom. The van der Waals surface area contributed by atoms with Crippen molar-refractivity contribution in [2.45, 2.75) is 6.92 Å². The van der Waals surface area contributed by atoms with Crippen LogP contribution >= 0.6 is 0 Å². The third-order valence-corrected chi connectivity index (χ3v) is 1.26. The van der Waals surface area contributed by atoms with Crippen LogP contribution in [0.5, 0.6) is 0 Å². The third-order valence-electron chi connectivity index (χ3n) is 1.26. The highest BCUT2D eigenvalue weighted by atomic mass is 16.1. The standard InChI is InChI=1S/C8H7O/c1-7-4-2-3-5-8(7)6-9/h2-5H,1H3/q+1. The Morgan fingerprint density at radius 3 is 2.44 bits per heavy atom. The van der Waals surface area contributed by atoms with E-state index in [4.69, 9.17) is 0 Å². The average Bonchev–Trinajstić information content (AvgIpc) is 1.89. The molecule has 0 amide bonds. The van der Waals surface area contributed by atoms with E-state index in [1.54, 1.807) is 6.07 Å². The van der Waals surface area contributed by atoms with Crippen molar-refractivity contribution in [1.29, 1.82) is 0 Å². The molecule has 1 heteroatoms. The van der Waals surface area contributed by atoms with E-state index < -0.39 is 0 Å². The van der Waals surface area contributed by atoms with Crippen LogP contribution in [0.15, 0.2) is 24.3 Å². The van der Waals surface area contributed by atoms with E-state index in [2.05, 4.69) is 0 Å². The van der Waals surface area contributed by atoms with Crippen LogP contribution in [0.25, 0.3) is 0 Å². The first-order valence-electron chi connectivity index (χ1n) is 2.78. The largest absolute Gasteiger partial charge is 0.303 e. The summed E-state index contributed by atoms with van der Waals surface area (Å²) in [4.78, 5) is 10.1. The summed E-state index contributed by atoms with van der Waals surface area (Å²) in [6, 6.07) is 7.37. The topological polar surface area (TPSA) is 17.1 Å². The summed E-state index contributed by atoms with van der Waals surface area (Å²) >= 11 is 0. The molecule has 0 atom stereocenters. The Labute approximate surface area is 54.3 Å². The summed E-state index contributed by atoms with van der Waals surface area (Å²) in [6.45, 7) is 1.89. The van der Waals surface area contributed by atoms with Gasteiger partial charge < -0.3 is 0 Å². The third kappa shape index (κ3) is 1.13. The molecule has 0 aliphatic rings. The molecule has 1 nitrogen and oxygen atoms in total.